The second kappa shape index (κ2) is 5.29. The van der Waals surface area contributed by atoms with Crippen LogP contribution in [0, 0.1) is 29.6 Å². The van der Waals surface area contributed by atoms with Crippen LogP contribution < -0.4 is 5.73 Å². The summed E-state index contributed by atoms with van der Waals surface area (Å²) in [6, 6.07) is 0. The second-order valence-corrected chi connectivity index (χ2v) is 4.30. The van der Waals surface area contributed by atoms with Gasteiger partial charge in [0.05, 0.1) is 0 Å². The quantitative estimate of drug-likeness (QED) is 0.647. The number of hydrogen-bond acceptors (Lipinski definition) is 1. The molecule has 1 rings (SSSR count). The lowest BCUT2D eigenvalue weighted by atomic mass is 9.73. The summed E-state index contributed by atoms with van der Waals surface area (Å²) < 4.78 is 0. The molecule has 1 fully saturated rings. The maximum atomic E-state index is 5.76. The fourth-order valence-electron chi connectivity index (χ4n) is 2.35. The van der Waals surface area contributed by atoms with Crippen molar-refractivity contribution in [3.63, 3.8) is 0 Å². The number of hydrogen-bond donors (Lipinski definition) is 1. The summed E-state index contributed by atoms with van der Waals surface area (Å²) in [5.74, 6) is 8.56. The first-order valence-electron chi connectivity index (χ1n) is 5.37. The van der Waals surface area contributed by atoms with Crippen LogP contribution >= 0.6 is 0 Å². The molecule has 13 heavy (non-hydrogen) atoms. The van der Waals surface area contributed by atoms with Gasteiger partial charge in [0.15, 0.2) is 0 Å². The van der Waals surface area contributed by atoms with Crippen LogP contribution in [0.25, 0.3) is 0 Å². The molecule has 0 aliphatic heterocycles. The van der Waals surface area contributed by atoms with Crippen LogP contribution in [0.15, 0.2) is 0 Å². The normalized spacial score (nSPS) is 33.6. The van der Waals surface area contributed by atoms with Crippen molar-refractivity contribution in [2.24, 2.45) is 23.5 Å². The van der Waals surface area contributed by atoms with E-state index in [0.29, 0.717) is 0 Å². The molecule has 0 amide bonds. The smallest absolute Gasteiger partial charge is 0.0120 e. The average molecular weight is 179 g/mol. The van der Waals surface area contributed by atoms with E-state index < -0.39 is 0 Å². The van der Waals surface area contributed by atoms with Gasteiger partial charge in [0.2, 0.25) is 0 Å². The SMILES string of the molecule is CC#CCC1CC(C)CCC1CN. The molecule has 2 N–H and O–H groups in total. The van der Waals surface area contributed by atoms with Crippen LogP contribution in [0.4, 0.5) is 0 Å². The summed E-state index contributed by atoms with van der Waals surface area (Å²) in [6.45, 7) is 5.12. The molecule has 0 aromatic rings. The van der Waals surface area contributed by atoms with Gasteiger partial charge in [-0.2, -0.15) is 0 Å². The lowest BCUT2D eigenvalue weighted by molar-refractivity contribution is 0.198. The van der Waals surface area contributed by atoms with Crippen LogP contribution in [-0.2, 0) is 0 Å². The van der Waals surface area contributed by atoms with Gasteiger partial charge in [0.25, 0.3) is 0 Å². The molecule has 0 spiro atoms. The Morgan fingerprint density at radius 1 is 1.31 bits per heavy atom. The Balaban J connectivity index is 2.47. The van der Waals surface area contributed by atoms with E-state index in [-0.39, 0.29) is 0 Å². The molecule has 3 atom stereocenters. The molecule has 0 radical (unpaired) electrons. The third-order valence-corrected chi connectivity index (χ3v) is 3.25. The van der Waals surface area contributed by atoms with Crippen LogP contribution in [0.3, 0.4) is 0 Å². The van der Waals surface area contributed by atoms with Crippen molar-refractivity contribution in [1.82, 2.24) is 0 Å². The molecule has 0 bridgehead atoms. The van der Waals surface area contributed by atoms with Gasteiger partial charge in [-0.3, -0.25) is 0 Å². The molecule has 0 heterocycles. The van der Waals surface area contributed by atoms with Crippen LogP contribution in [0.1, 0.15) is 39.5 Å². The minimum Gasteiger partial charge on any atom is -0.330 e. The first-order valence-corrected chi connectivity index (χ1v) is 5.37. The van der Waals surface area contributed by atoms with Gasteiger partial charge in [-0.1, -0.05) is 13.3 Å². The summed E-state index contributed by atoms with van der Waals surface area (Å²) in [7, 11) is 0. The number of nitrogens with two attached hydrogens (primary N) is 1. The van der Waals surface area contributed by atoms with Gasteiger partial charge in [0, 0.05) is 6.42 Å². The molecule has 1 nitrogen and oxygen atoms in total. The molecule has 1 aliphatic carbocycles. The summed E-state index contributed by atoms with van der Waals surface area (Å²) >= 11 is 0. The molecule has 1 aliphatic rings. The van der Waals surface area contributed by atoms with Crippen molar-refractivity contribution in [3.8, 4) is 11.8 Å². The highest BCUT2D eigenvalue weighted by Crippen LogP contribution is 2.34. The Morgan fingerprint density at radius 3 is 2.69 bits per heavy atom. The molecule has 1 heteroatoms. The highest BCUT2D eigenvalue weighted by molar-refractivity contribution is 4.98. The van der Waals surface area contributed by atoms with Crippen molar-refractivity contribution in [2.75, 3.05) is 6.54 Å². The molecule has 0 aromatic carbocycles. The van der Waals surface area contributed by atoms with Crippen molar-refractivity contribution >= 4 is 0 Å². The monoisotopic (exact) mass is 179 g/mol. The van der Waals surface area contributed by atoms with E-state index in [4.69, 9.17) is 5.73 Å². The maximum absolute atomic E-state index is 5.76. The van der Waals surface area contributed by atoms with Gasteiger partial charge < -0.3 is 5.73 Å². The Morgan fingerprint density at radius 2 is 2.08 bits per heavy atom. The Bertz CT molecular complexity index is 199. The Hall–Kier alpha value is -0.480. The van der Waals surface area contributed by atoms with Gasteiger partial charge in [-0.05, 0) is 44.1 Å². The maximum Gasteiger partial charge on any atom is 0.0120 e. The van der Waals surface area contributed by atoms with Gasteiger partial charge >= 0.3 is 0 Å². The zero-order valence-corrected chi connectivity index (χ0v) is 8.84. The highest BCUT2D eigenvalue weighted by atomic mass is 14.6. The molecule has 1 saturated carbocycles. The zero-order chi connectivity index (χ0) is 9.68. The molecule has 74 valence electrons. The first-order chi connectivity index (χ1) is 6.27. The van der Waals surface area contributed by atoms with Crippen LogP contribution in [-0.4, -0.2) is 6.54 Å². The summed E-state index contributed by atoms with van der Waals surface area (Å²) in [5, 5.41) is 0. The molecular weight excluding hydrogens is 158 g/mol. The predicted octanol–water partition coefficient (Wildman–Crippen LogP) is 2.41. The first kappa shape index (κ1) is 10.6. The molecular formula is C12H21N. The Kier molecular flexibility index (Phi) is 4.32. The largest absolute Gasteiger partial charge is 0.330 e. The van der Waals surface area contributed by atoms with Crippen molar-refractivity contribution in [1.29, 1.82) is 0 Å². The topological polar surface area (TPSA) is 26.0 Å². The third-order valence-electron chi connectivity index (χ3n) is 3.25. The second-order valence-electron chi connectivity index (χ2n) is 4.30. The van der Waals surface area contributed by atoms with E-state index in [1.807, 2.05) is 6.92 Å². The van der Waals surface area contributed by atoms with Crippen LogP contribution in [0.2, 0.25) is 0 Å². The van der Waals surface area contributed by atoms with Gasteiger partial charge in [-0.25, -0.2) is 0 Å². The minimum absolute atomic E-state index is 0.733. The summed E-state index contributed by atoms with van der Waals surface area (Å²) in [6.07, 6.45) is 5.06. The summed E-state index contributed by atoms with van der Waals surface area (Å²) in [5.41, 5.74) is 5.76. The van der Waals surface area contributed by atoms with Crippen molar-refractivity contribution in [3.05, 3.63) is 0 Å². The van der Waals surface area contributed by atoms with E-state index in [1.54, 1.807) is 0 Å². The fraction of sp³-hybridized carbons (Fsp3) is 0.833. The van der Waals surface area contributed by atoms with Gasteiger partial charge in [-0.15, -0.1) is 11.8 Å². The van der Waals surface area contributed by atoms with Crippen LogP contribution in [0.5, 0.6) is 0 Å². The van der Waals surface area contributed by atoms with E-state index in [0.717, 1.165) is 30.7 Å². The summed E-state index contributed by atoms with van der Waals surface area (Å²) in [4.78, 5) is 0. The van der Waals surface area contributed by atoms with Crippen molar-refractivity contribution in [2.45, 2.75) is 39.5 Å². The van der Waals surface area contributed by atoms with Gasteiger partial charge in [0.1, 0.15) is 0 Å². The van der Waals surface area contributed by atoms with Crippen molar-refractivity contribution < 1.29 is 0 Å². The molecule has 0 aromatic heterocycles. The lowest BCUT2D eigenvalue weighted by Crippen LogP contribution is -2.29. The number of rotatable bonds is 2. The van der Waals surface area contributed by atoms with E-state index >= 15 is 0 Å². The fourth-order valence-corrected chi connectivity index (χ4v) is 2.35. The lowest BCUT2D eigenvalue weighted by Gasteiger charge is -2.33. The van der Waals surface area contributed by atoms with E-state index in [1.165, 1.54) is 19.3 Å². The minimum atomic E-state index is 0.733. The third kappa shape index (κ3) is 3.04. The standard InChI is InChI=1S/C12H21N/c1-3-4-5-11-8-10(2)6-7-12(11)9-13/h10-12H,5-9,13H2,1-2H3. The van der Waals surface area contributed by atoms with E-state index in [2.05, 4.69) is 18.8 Å². The molecule has 0 saturated heterocycles. The van der Waals surface area contributed by atoms with E-state index in [9.17, 15) is 0 Å². The Labute approximate surface area is 82.1 Å². The zero-order valence-electron chi connectivity index (χ0n) is 8.84. The predicted molar refractivity (Wildman–Crippen MR) is 57.1 cm³/mol. The highest BCUT2D eigenvalue weighted by Gasteiger charge is 2.26. The average Bonchev–Trinajstić information content (AvgIpc) is 2.15. The molecule has 3 unspecified atom stereocenters.